The first-order valence-electron chi connectivity index (χ1n) is 16.4. The highest BCUT2D eigenvalue weighted by atomic mass is 16.4. The van der Waals surface area contributed by atoms with E-state index in [1.807, 2.05) is 0 Å². The van der Waals surface area contributed by atoms with Crippen LogP contribution in [0.2, 0.25) is 0 Å². The first-order chi connectivity index (χ1) is 20.6. The molecule has 1 N–H and O–H groups in total. The maximum absolute atomic E-state index is 12.6. The Morgan fingerprint density at radius 2 is 1.62 bits per heavy atom. The summed E-state index contributed by atoms with van der Waals surface area (Å²) >= 11 is 0. The summed E-state index contributed by atoms with van der Waals surface area (Å²) in [5.74, 6) is 1.06. The van der Waals surface area contributed by atoms with Gasteiger partial charge in [0.25, 0.3) is 0 Å². The van der Waals surface area contributed by atoms with Gasteiger partial charge in [0.15, 0.2) is 0 Å². The van der Waals surface area contributed by atoms with Crippen LogP contribution in [-0.2, 0) is 17.8 Å². The van der Waals surface area contributed by atoms with Gasteiger partial charge in [-0.3, -0.25) is 14.4 Å². The van der Waals surface area contributed by atoms with E-state index in [0.29, 0.717) is 17.8 Å². The number of aromatic nitrogens is 2. The molecule has 3 aromatic rings. The number of hydrogen-bond donors (Lipinski definition) is 1. The molecule has 3 heterocycles. The predicted molar refractivity (Wildman–Crippen MR) is 168 cm³/mol. The summed E-state index contributed by atoms with van der Waals surface area (Å²) in [5, 5.41) is 15.3. The highest BCUT2D eigenvalue weighted by Gasteiger charge is 2.43. The van der Waals surface area contributed by atoms with Crippen molar-refractivity contribution in [2.45, 2.75) is 82.7 Å². The lowest BCUT2D eigenvalue weighted by molar-refractivity contribution is -0.145. The molecule has 2 saturated heterocycles. The van der Waals surface area contributed by atoms with Crippen LogP contribution in [-0.4, -0.2) is 69.4 Å². The minimum Gasteiger partial charge on any atom is -0.480 e. The summed E-state index contributed by atoms with van der Waals surface area (Å²) in [6, 6.07) is 23.5. The first kappa shape index (κ1) is 29.1. The fourth-order valence-corrected chi connectivity index (χ4v) is 8.20. The molecule has 3 fully saturated rings. The molecule has 6 heteroatoms. The molecule has 6 rings (SSSR count). The number of rotatable bonds is 10. The number of aryl methyl sites for hydroxylation is 1. The van der Waals surface area contributed by atoms with E-state index in [4.69, 9.17) is 5.10 Å². The number of nitrogens with zero attached hydrogens (tertiary/aromatic N) is 4. The Balaban J connectivity index is 1.12. The van der Waals surface area contributed by atoms with E-state index >= 15 is 0 Å². The van der Waals surface area contributed by atoms with Gasteiger partial charge < -0.3 is 10.0 Å². The molecule has 42 heavy (non-hydrogen) atoms. The molecule has 224 valence electrons. The molecule has 3 atom stereocenters. The van der Waals surface area contributed by atoms with Crippen molar-refractivity contribution >= 4 is 5.97 Å². The third kappa shape index (κ3) is 6.65. The zero-order valence-corrected chi connectivity index (χ0v) is 25.3. The molecular weight excluding hydrogens is 520 g/mol. The third-order valence-corrected chi connectivity index (χ3v) is 10.3. The second-order valence-electron chi connectivity index (χ2n) is 13.0. The average molecular weight is 569 g/mol. The van der Waals surface area contributed by atoms with E-state index in [0.717, 1.165) is 71.4 Å². The molecule has 1 saturated carbocycles. The molecule has 1 aromatic heterocycles. The molecule has 0 bridgehead atoms. The lowest BCUT2D eigenvalue weighted by atomic mass is 9.83. The standard InChI is InChI=1S/C36H48N4O2/c1-2-40-34(23-32(37-40)22-27-12-6-3-7-13-27)29-18-20-38(21-19-29)24-31-25-39(26-33(31)28-14-8-4-9-15-28)35(36(41)42)30-16-10-5-11-17-30/h3-4,6-9,12-15,23,29-31,33,35H,2,5,10-11,16-22,24-26H2,1H3,(H,41,42)/t31-,33?,35+/m0/s1. The van der Waals surface area contributed by atoms with Crippen LogP contribution in [0.15, 0.2) is 66.7 Å². The average Bonchev–Trinajstić information content (AvgIpc) is 3.63. The number of carboxylic acids is 1. The maximum Gasteiger partial charge on any atom is 0.321 e. The van der Waals surface area contributed by atoms with Crippen LogP contribution in [0.3, 0.4) is 0 Å². The largest absolute Gasteiger partial charge is 0.480 e. The van der Waals surface area contributed by atoms with Crippen LogP contribution in [0.1, 0.15) is 86.2 Å². The van der Waals surface area contributed by atoms with E-state index in [1.54, 1.807) is 0 Å². The van der Waals surface area contributed by atoms with Gasteiger partial charge in [-0.15, -0.1) is 0 Å². The lowest BCUT2D eigenvalue weighted by Crippen LogP contribution is -2.46. The highest BCUT2D eigenvalue weighted by Crippen LogP contribution is 2.39. The second kappa shape index (κ2) is 13.6. The highest BCUT2D eigenvalue weighted by molar-refractivity contribution is 5.74. The van der Waals surface area contributed by atoms with Gasteiger partial charge in [-0.2, -0.15) is 5.10 Å². The predicted octanol–water partition coefficient (Wildman–Crippen LogP) is 6.42. The zero-order chi connectivity index (χ0) is 28.9. The van der Waals surface area contributed by atoms with E-state index < -0.39 is 5.97 Å². The summed E-state index contributed by atoms with van der Waals surface area (Å²) in [7, 11) is 0. The smallest absolute Gasteiger partial charge is 0.321 e. The Hall–Kier alpha value is -2.96. The van der Waals surface area contributed by atoms with Gasteiger partial charge in [0.2, 0.25) is 0 Å². The molecule has 1 aliphatic carbocycles. The molecule has 3 aliphatic rings. The fraction of sp³-hybridized carbons (Fsp3) is 0.556. The Bertz CT molecular complexity index is 1280. The van der Waals surface area contributed by atoms with E-state index in [2.05, 4.69) is 88.1 Å². The molecule has 0 amide bonds. The van der Waals surface area contributed by atoms with Crippen molar-refractivity contribution < 1.29 is 9.90 Å². The van der Waals surface area contributed by atoms with Gasteiger partial charge in [-0.1, -0.05) is 79.9 Å². The molecular formula is C36H48N4O2. The van der Waals surface area contributed by atoms with Gasteiger partial charge in [0, 0.05) is 50.1 Å². The topological polar surface area (TPSA) is 61.6 Å². The molecule has 0 radical (unpaired) electrons. The summed E-state index contributed by atoms with van der Waals surface area (Å²) in [4.78, 5) is 17.6. The summed E-state index contributed by atoms with van der Waals surface area (Å²) in [6.45, 7) is 8.09. The summed E-state index contributed by atoms with van der Waals surface area (Å²) in [5.41, 5.74) is 5.24. The maximum atomic E-state index is 12.6. The number of carbonyl (C=O) groups is 1. The molecule has 1 unspecified atom stereocenters. The minimum absolute atomic E-state index is 0.289. The van der Waals surface area contributed by atoms with Crippen LogP contribution in [0.5, 0.6) is 0 Å². The number of likely N-dealkylation sites (tertiary alicyclic amines) is 2. The van der Waals surface area contributed by atoms with Crippen molar-refractivity contribution in [1.82, 2.24) is 19.6 Å². The molecule has 2 aliphatic heterocycles. The number of aliphatic carboxylic acids is 1. The van der Waals surface area contributed by atoms with Gasteiger partial charge in [-0.25, -0.2) is 0 Å². The van der Waals surface area contributed by atoms with Crippen LogP contribution < -0.4 is 0 Å². The van der Waals surface area contributed by atoms with Crippen LogP contribution in [0.25, 0.3) is 0 Å². The van der Waals surface area contributed by atoms with Crippen LogP contribution in [0.4, 0.5) is 0 Å². The van der Waals surface area contributed by atoms with Gasteiger partial charge in [0.05, 0.1) is 5.69 Å². The number of carboxylic acid groups (broad SMARTS) is 1. The lowest BCUT2D eigenvalue weighted by Gasteiger charge is -2.35. The van der Waals surface area contributed by atoms with Crippen molar-refractivity contribution in [2.75, 3.05) is 32.7 Å². The van der Waals surface area contributed by atoms with Crippen molar-refractivity contribution in [2.24, 2.45) is 11.8 Å². The Kier molecular flexibility index (Phi) is 9.40. The van der Waals surface area contributed by atoms with E-state index in [-0.39, 0.29) is 12.0 Å². The minimum atomic E-state index is -0.616. The SMILES string of the molecule is CCn1nc(Cc2ccccc2)cc1C1CCN(C[C@H]2CN([C@@H](C(=O)O)C3CCCCC3)CC2c2ccccc2)CC1. The Labute approximate surface area is 251 Å². The molecule has 2 aromatic carbocycles. The number of hydrogen-bond acceptors (Lipinski definition) is 4. The zero-order valence-electron chi connectivity index (χ0n) is 25.3. The number of benzene rings is 2. The van der Waals surface area contributed by atoms with Crippen molar-refractivity contribution in [3.8, 4) is 0 Å². The van der Waals surface area contributed by atoms with Gasteiger partial charge in [0.1, 0.15) is 6.04 Å². The van der Waals surface area contributed by atoms with Crippen molar-refractivity contribution in [3.05, 3.63) is 89.2 Å². The van der Waals surface area contributed by atoms with Crippen LogP contribution >= 0.6 is 0 Å². The Morgan fingerprint density at radius 3 is 2.29 bits per heavy atom. The van der Waals surface area contributed by atoms with Crippen molar-refractivity contribution in [1.29, 1.82) is 0 Å². The summed E-state index contributed by atoms with van der Waals surface area (Å²) < 4.78 is 2.23. The third-order valence-electron chi connectivity index (χ3n) is 10.3. The molecule has 0 spiro atoms. The normalized spacial score (nSPS) is 23.7. The second-order valence-corrected chi connectivity index (χ2v) is 13.0. The fourth-order valence-electron chi connectivity index (χ4n) is 8.20. The quantitative estimate of drug-likeness (QED) is 0.306. The molecule has 6 nitrogen and oxygen atoms in total. The summed E-state index contributed by atoms with van der Waals surface area (Å²) in [6.07, 6.45) is 8.91. The van der Waals surface area contributed by atoms with Crippen LogP contribution in [0, 0.1) is 11.8 Å². The van der Waals surface area contributed by atoms with Crippen molar-refractivity contribution in [3.63, 3.8) is 0 Å². The van der Waals surface area contributed by atoms with Gasteiger partial charge >= 0.3 is 5.97 Å². The Morgan fingerprint density at radius 1 is 0.929 bits per heavy atom. The van der Waals surface area contributed by atoms with E-state index in [1.165, 1.54) is 41.8 Å². The van der Waals surface area contributed by atoms with Gasteiger partial charge in [-0.05, 0) is 74.7 Å². The van der Waals surface area contributed by atoms with E-state index in [9.17, 15) is 9.90 Å². The monoisotopic (exact) mass is 568 g/mol. The number of piperidine rings is 1. The first-order valence-corrected chi connectivity index (χ1v) is 16.4.